The lowest BCUT2D eigenvalue weighted by atomic mass is 9.96. The van der Waals surface area contributed by atoms with Crippen LogP contribution in [0, 0.1) is 23.7 Å². The highest BCUT2D eigenvalue weighted by atomic mass is 32.2. The van der Waals surface area contributed by atoms with E-state index in [4.69, 9.17) is 5.73 Å². The molecule has 2 rings (SSSR count). The van der Waals surface area contributed by atoms with E-state index >= 15 is 0 Å². The number of thioether (sulfide) groups is 1. The maximum absolute atomic E-state index is 14.4. The predicted octanol–water partition coefficient (Wildman–Crippen LogP) is -0.364. The molecule has 74 heavy (non-hydrogen) atoms. The highest BCUT2D eigenvalue weighted by Gasteiger charge is 2.42. The smallest absolute Gasteiger partial charge is 0.326 e. The monoisotopic (exact) mass is 1070 g/mol. The first kappa shape index (κ1) is 63.8. The molecule has 0 bridgehead atoms. The molecule has 1 fully saturated rings. The molecule has 1 aromatic heterocycles. The number of aromatic amines is 1. The summed E-state index contributed by atoms with van der Waals surface area (Å²) in [5, 5.41) is 47.1. The number of rotatable bonds is 33. The molecule has 26 heteroatoms. The molecule has 25 nitrogen and oxygen atoms in total. The van der Waals surface area contributed by atoms with Gasteiger partial charge in [-0.3, -0.25) is 47.9 Å². The minimum absolute atomic E-state index is 0.0223. The summed E-state index contributed by atoms with van der Waals surface area (Å²) >= 11 is 1.35. The second kappa shape index (κ2) is 31.4. The number of nitrogens with one attached hydrogen (secondary N) is 8. The second-order valence-electron chi connectivity index (χ2n) is 19.6. The van der Waals surface area contributed by atoms with E-state index in [1.54, 1.807) is 47.8 Å². The standard InChI is InChI=1S/C48H79N11O14S/c1-10-26(7)38(46(70)53-30(14-15-35(60)61)41(65)52-31(16-18-74-9)42(66)58-39(48(72)73)27(8)11-2)57-43(67)32(20-28-22-50-23-51-28)54-44(68)34-13-12-17-59(34)47(71)33(21-36(62)63)55-45(69)37(25(5)6)56-40(64)29(49)19-24(3)4/h22-27,29-34,37-39H,10-21,49H2,1-9H3,(H,50,51)(H,52,65)(H,53,70)(H,54,68)(H,55,69)(H,56,64)(H,57,67)(H,58,66)(H,60,61)(H,62,63)(H,72,73)/t26-,27-,29-,30-,31-,32-,33-,34-,37-,38-,39-/m0/s1. The van der Waals surface area contributed by atoms with Crippen LogP contribution in [0.15, 0.2) is 12.5 Å². The average molecular weight is 1070 g/mol. The van der Waals surface area contributed by atoms with Crippen LogP contribution in [0.1, 0.15) is 119 Å². The van der Waals surface area contributed by atoms with Gasteiger partial charge in [-0.25, -0.2) is 9.78 Å². The molecular formula is C48H79N11O14S. The van der Waals surface area contributed by atoms with E-state index in [2.05, 4.69) is 47.2 Å². The van der Waals surface area contributed by atoms with Gasteiger partial charge in [0.15, 0.2) is 0 Å². The van der Waals surface area contributed by atoms with Crippen molar-refractivity contribution in [3.8, 4) is 0 Å². The third-order valence-corrected chi connectivity index (χ3v) is 13.5. The van der Waals surface area contributed by atoms with Gasteiger partial charge in [0.2, 0.25) is 47.3 Å². The molecule has 8 amide bonds. The minimum atomic E-state index is -1.67. The first-order valence-electron chi connectivity index (χ1n) is 25.1. The number of carbonyl (C=O) groups is 11. The number of aromatic nitrogens is 2. The SMILES string of the molecule is CC[C@H](C)[C@H](NC(=O)[C@H](CCSC)NC(=O)[C@H](CCC(=O)O)NC(=O)[C@@H](NC(=O)[C@H](Cc1cnc[nH]1)NC(=O)[C@@H]1CCCN1C(=O)[C@H](CC(=O)O)NC(=O)[C@@H](NC(=O)[C@@H](N)CC(C)C)C(C)C)[C@@H](C)CC)C(=O)O. The number of imidazole rings is 1. The van der Waals surface area contributed by atoms with Crippen molar-refractivity contribution in [1.82, 2.24) is 52.1 Å². The van der Waals surface area contributed by atoms with Crippen molar-refractivity contribution in [3.63, 3.8) is 0 Å². The predicted molar refractivity (Wildman–Crippen MR) is 271 cm³/mol. The molecule has 11 atom stereocenters. The molecule has 1 aromatic rings. The van der Waals surface area contributed by atoms with E-state index < -0.39 is 157 Å². The van der Waals surface area contributed by atoms with E-state index in [1.165, 1.54) is 24.3 Å². The number of carboxylic acid groups (broad SMARTS) is 3. The summed E-state index contributed by atoms with van der Waals surface area (Å²) < 4.78 is 0. The summed E-state index contributed by atoms with van der Waals surface area (Å²) in [6.45, 7) is 13.8. The Morgan fingerprint density at radius 3 is 1.78 bits per heavy atom. The van der Waals surface area contributed by atoms with E-state index in [1.807, 2.05) is 13.8 Å². The summed E-state index contributed by atoms with van der Waals surface area (Å²) in [4.78, 5) is 155. The molecule has 0 saturated carbocycles. The normalized spacial score (nSPS) is 17.5. The molecule has 0 radical (unpaired) electrons. The van der Waals surface area contributed by atoms with Crippen molar-refractivity contribution in [1.29, 1.82) is 0 Å². The fourth-order valence-corrected chi connectivity index (χ4v) is 8.58. The van der Waals surface area contributed by atoms with Crippen molar-refractivity contribution >= 4 is 76.9 Å². The Hall–Kier alpha value is -6.31. The number of carboxylic acids is 3. The van der Waals surface area contributed by atoms with Crippen LogP contribution < -0.4 is 43.0 Å². The van der Waals surface area contributed by atoms with Crippen LogP contribution >= 0.6 is 11.8 Å². The molecule has 1 aliphatic rings. The lowest BCUT2D eigenvalue weighted by molar-refractivity contribution is -0.146. The van der Waals surface area contributed by atoms with Crippen LogP contribution in [0.2, 0.25) is 0 Å². The van der Waals surface area contributed by atoms with Crippen molar-refractivity contribution in [2.45, 2.75) is 174 Å². The largest absolute Gasteiger partial charge is 0.481 e. The number of hydrogen-bond acceptors (Lipinski definition) is 14. The fourth-order valence-electron chi connectivity index (χ4n) is 8.11. The first-order valence-corrected chi connectivity index (χ1v) is 26.5. The van der Waals surface area contributed by atoms with Crippen molar-refractivity contribution in [3.05, 3.63) is 18.2 Å². The summed E-state index contributed by atoms with van der Waals surface area (Å²) in [5.74, 6) is -11.9. The van der Waals surface area contributed by atoms with Gasteiger partial charge in [0.1, 0.15) is 48.3 Å². The molecular weight excluding hydrogens is 987 g/mol. The topological polar surface area (TPSA) is 391 Å². The van der Waals surface area contributed by atoms with E-state index in [-0.39, 0.29) is 38.1 Å². The fraction of sp³-hybridized carbons (Fsp3) is 0.708. The molecule has 1 saturated heterocycles. The highest BCUT2D eigenvalue weighted by Crippen LogP contribution is 2.21. The van der Waals surface area contributed by atoms with Gasteiger partial charge in [-0.2, -0.15) is 11.8 Å². The Kier molecular flexibility index (Phi) is 27.1. The Morgan fingerprint density at radius 1 is 0.703 bits per heavy atom. The van der Waals surface area contributed by atoms with E-state index in [0.29, 0.717) is 30.7 Å². The van der Waals surface area contributed by atoms with Crippen LogP contribution in [-0.4, -0.2) is 168 Å². The summed E-state index contributed by atoms with van der Waals surface area (Å²) in [6.07, 6.45) is 3.83. The summed E-state index contributed by atoms with van der Waals surface area (Å²) in [6, 6.07) is -12.0. The van der Waals surface area contributed by atoms with Crippen LogP contribution in [0.5, 0.6) is 0 Å². The van der Waals surface area contributed by atoms with Gasteiger partial charge in [-0.05, 0) is 67.8 Å². The number of hydrogen-bond donors (Lipinski definition) is 12. The quantitative estimate of drug-likeness (QED) is 0.0427. The Bertz CT molecular complexity index is 2090. The lowest BCUT2D eigenvalue weighted by Gasteiger charge is -2.31. The van der Waals surface area contributed by atoms with Gasteiger partial charge in [0.05, 0.1) is 18.8 Å². The van der Waals surface area contributed by atoms with Gasteiger partial charge in [-0.1, -0.05) is 68.2 Å². The zero-order valence-electron chi connectivity index (χ0n) is 43.9. The molecule has 13 N–H and O–H groups in total. The molecule has 0 aromatic carbocycles. The van der Waals surface area contributed by atoms with Crippen molar-refractivity contribution in [2.24, 2.45) is 29.4 Å². The molecule has 416 valence electrons. The number of carbonyl (C=O) groups excluding carboxylic acids is 8. The number of aliphatic carboxylic acids is 3. The average Bonchev–Trinajstić information content (AvgIpc) is 4.05. The van der Waals surface area contributed by atoms with Gasteiger partial charge in [-0.15, -0.1) is 0 Å². The minimum Gasteiger partial charge on any atom is -0.481 e. The zero-order chi connectivity index (χ0) is 56.0. The van der Waals surface area contributed by atoms with Crippen LogP contribution in [0.25, 0.3) is 0 Å². The molecule has 2 heterocycles. The Balaban J connectivity index is 2.43. The Labute approximate surface area is 436 Å². The summed E-state index contributed by atoms with van der Waals surface area (Å²) in [7, 11) is 0. The van der Waals surface area contributed by atoms with Crippen LogP contribution in [0.3, 0.4) is 0 Å². The maximum Gasteiger partial charge on any atom is 0.326 e. The summed E-state index contributed by atoms with van der Waals surface area (Å²) in [5.41, 5.74) is 6.41. The number of amides is 8. The third-order valence-electron chi connectivity index (χ3n) is 12.8. The number of nitrogens with zero attached hydrogens (tertiary/aromatic N) is 2. The molecule has 0 unspecified atom stereocenters. The van der Waals surface area contributed by atoms with Gasteiger partial charge < -0.3 is 68.2 Å². The van der Waals surface area contributed by atoms with Crippen molar-refractivity contribution < 1.29 is 68.1 Å². The Morgan fingerprint density at radius 2 is 1.24 bits per heavy atom. The van der Waals surface area contributed by atoms with E-state index in [0.717, 1.165) is 4.90 Å². The zero-order valence-corrected chi connectivity index (χ0v) is 44.7. The number of H-pyrrole nitrogens is 1. The van der Waals surface area contributed by atoms with E-state index in [9.17, 15) is 68.1 Å². The number of likely N-dealkylation sites (tertiary alicyclic amines) is 1. The van der Waals surface area contributed by atoms with Crippen LogP contribution in [-0.2, 0) is 59.2 Å². The molecule has 0 spiro atoms. The van der Waals surface area contributed by atoms with Crippen molar-refractivity contribution in [2.75, 3.05) is 18.6 Å². The van der Waals surface area contributed by atoms with Crippen LogP contribution in [0.4, 0.5) is 0 Å². The van der Waals surface area contributed by atoms with Gasteiger partial charge in [0, 0.05) is 31.3 Å². The van der Waals surface area contributed by atoms with Gasteiger partial charge in [0.25, 0.3) is 0 Å². The third kappa shape index (κ3) is 20.5. The molecule has 1 aliphatic heterocycles. The van der Waals surface area contributed by atoms with Gasteiger partial charge >= 0.3 is 17.9 Å². The molecule has 0 aliphatic carbocycles. The lowest BCUT2D eigenvalue weighted by Crippen LogP contribution is -2.61. The maximum atomic E-state index is 14.4. The first-order chi connectivity index (χ1) is 34.8. The highest BCUT2D eigenvalue weighted by molar-refractivity contribution is 7.98. The number of nitrogens with two attached hydrogens (primary N) is 1. The second-order valence-corrected chi connectivity index (χ2v) is 20.6.